The van der Waals surface area contributed by atoms with Gasteiger partial charge in [-0.3, -0.25) is 0 Å². The highest BCUT2D eigenvalue weighted by molar-refractivity contribution is 5.52. The van der Waals surface area contributed by atoms with E-state index < -0.39 is 0 Å². The zero-order chi connectivity index (χ0) is 14.8. The monoisotopic (exact) mass is 286 g/mol. The minimum absolute atomic E-state index is 0.346. The van der Waals surface area contributed by atoms with E-state index >= 15 is 0 Å². The predicted molar refractivity (Wildman–Crippen MR) is 84.3 cm³/mol. The zero-order valence-corrected chi connectivity index (χ0v) is 12.6. The molecule has 0 amide bonds. The normalized spacial score (nSPS) is 16.2. The molecule has 1 fully saturated rings. The van der Waals surface area contributed by atoms with Crippen LogP contribution in [0.15, 0.2) is 30.5 Å². The smallest absolute Gasteiger partial charge is 0.119 e. The van der Waals surface area contributed by atoms with Crippen molar-refractivity contribution >= 4 is 5.69 Å². The summed E-state index contributed by atoms with van der Waals surface area (Å²) in [7, 11) is 1.67. The van der Waals surface area contributed by atoms with E-state index in [1.807, 2.05) is 35.1 Å². The molecule has 1 saturated heterocycles. The molecule has 0 saturated carbocycles. The van der Waals surface area contributed by atoms with Crippen molar-refractivity contribution in [3.63, 3.8) is 0 Å². The molecule has 0 spiro atoms. The molecule has 2 N–H and O–H groups in total. The number of hydrogen-bond acceptors (Lipinski definition) is 4. The first-order valence-electron chi connectivity index (χ1n) is 7.38. The van der Waals surface area contributed by atoms with Gasteiger partial charge in [0.25, 0.3) is 0 Å². The summed E-state index contributed by atoms with van der Waals surface area (Å²) in [5, 5.41) is 4.54. The molecule has 1 aromatic heterocycles. The van der Waals surface area contributed by atoms with E-state index in [-0.39, 0.29) is 0 Å². The molecule has 1 aromatic carbocycles. The fourth-order valence-corrected chi connectivity index (χ4v) is 2.84. The molecule has 0 atom stereocenters. The van der Waals surface area contributed by atoms with Crippen LogP contribution >= 0.6 is 0 Å². The molecule has 0 radical (unpaired) electrons. The van der Waals surface area contributed by atoms with Crippen molar-refractivity contribution in [3.05, 3.63) is 36.2 Å². The van der Waals surface area contributed by atoms with Crippen LogP contribution in [0.5, 0.6) is 5.75 Å². The van der Waals surface area contributed by atoms with Gasteiger partial charge in [-0.15, -0.1) is 0 Å². The molecule has 1 aliphatic heterocycles. The molecule has 5 heteroatoms. The number of aromatic nitrogens is 2. The van der Waals surface area contributed by atoms with Gasteiger partial charge in [0, 0.05) is 19.1 Å². The van der Waals surface area contributed by atoms with Gasteiger partial charge in [-0.2, -0.15) is 5.10 Å². The van der Waals surface area contributed by atoms with Gasteiger partial charge in [0.15, 0.2) is 0 Å². The molecule has 3 rings (SSSR count). The number of benzene rings is 1. The van der Waals surface area contributed by atoms with Crippen molar-refractivity contribution in [2.75, 3.05) is 25.1 Å². The van der Waals surface area contributed by atoms with Gasteiger partial charge in [0.1, 0.15) is 5.75 Å². The van der Waals surface area contributed by atoms with Crippen LogP contribution in [-0.2, 0) is 0 Å². The predicted octanol–water partition coefficient (Wildman–Crippen LogP) is 2.12. The number of nitrogens with zero attached hydrogens (tertiary/aromatic N) is 3. The van der Waals surface area contributed by atoms with E-state index in [4.69, 9.17) is 10.5 Å². The van der Waals surface area contributed by atoms with Crippen molar-refractivity contribution in [1.29, 1.82) is 0 Å². The van der Waals surface area contributed by atoms with E-state index in [1.54, 1.807) is 7.11 Å². The first-order chi connectivity index (χ1) is 10.2. The van der Waals surface area contributed by atoms with Gasteiger partial charge in [-0.1, -0.05) is 0 Å². The Bertz CT molecular complexity index is 597. The summed E-state index contributed by atoms with van der Waals surface area (Å²) in [5.41, 5.74) is 9.40. The number of nitrogens with two attached hydrogens (primary N) is 1. The van der Waals surface area contributed by atoms with Crippen molar-refractivity contribution in [3.8, 4) is 11.4 Å². The van der Waals surface area contributed by atoms with Crippen LogP contribution in [0, 0.1) is 6.92 Å². The Morgan fingerprint density at radius 3 is 2.48 bits per heavy atom. The molecule has 1 aliphatic rings. The van der Waals surface area contributed by atoms with Crippen LogP contribution in [-0.4, -0.2) is 36.0 Å². The topological polar surface area (TPSA) is 56.3 Å². The molecule has 0 unspecified atom stereocenters. The van der Waals surface area contributed by atoms with Crippen LogP contribution in [0.3, 0.4) is 0 Å². The molecule has 2 heterocycles. The van der Waals surface area contributed by atoms with E-state index in [2.05, 4.69) is 16.9 Å². The highest BCUT2D eigenvalue weighted by Gasteiger charge is 2.20. The molecular formula is C16H22N4O. The van der Waals surface area contributed by atoms with Gasteiger partial charge in [-0.05, 0) is 44.0 Å². The largest absolute Gasteiger partial charge is 0.497 e. The van der Waals surface area contributed by atoms with Gasteiger partial charge >= 0.3 is 0 Å². The highest BCUT2D eigenvalue weighted by Crippen LogP contribution is 2.25. The molecule has 2 aromatic rings. The van der Waals surface area contributed by atoms with Crippen molar-refractivity contribution in [2.45, 2.75) is 25.8 Å². The van der Waals surface area contributed by atoms with Crippen LogP contribution in [0.25, 0.3) is 5.69 Å². The fourth-order valence-electron chi connectivity index (χ4n) is 2.84. The van der Waals surface area contributed by atoms with Crippen LogP contribution < -0.4 is 15.4 Å². The van der Waals surface area contributed by atoms with Crippen molar-refractivity contribution in [2.24, 2.45) is 5.73 Å². The van der Waals surface area contributed by atoms with Crippen LogP contribution in [0.4, 0.5) is 5.69 Å². The fraction of sp³-hybridized carbons (Fsp3) is 0.438. The van der Waals surface area contributed by atoms with E-state index in [9.17, 15) is 0 Å². The maximum absolute atomic E-state index is 5.98. The minimum Gasteiger partial charge on any atom is -0.497 e. The van der Waals surface area contributed by atoms with Gasteiger partial charge in [0.05, 0.1) is 30.4 Å². The van der Waals surface area contributed by atoms with Crippen LogP contribution in [0.1, 0.15) is 18.5 Å². The molecule has 0 aliphatic carbocycles. The number of anilines is 1. The van der Waals surface area contributed by atoms with E-state index in [1.165, 1.54) is 5.69 Å². The van der Waals surface area contributed by atoms with Gasteiger partial charge < -0.3 is 15.4 Å². The first-order valence-corrected chi connectivity index (χ1v) is 7.38. The maximum atomic E-state index is 5.98. The molecule has 0 bridgehead atoms. The second kappa shape index (κ2) is 5.77. The van der Waals surface area contributed by atoms with E-state index in [0.29, 0.717) is 6.04 Å². The summed E-state index contributed by atoms with van der Waals surface area (Å²) < 4.78 is 7.17. The lowest BCUT2D eigenvalue weighted by Gasteiger charge is -2.31. The second-order valence-electron chi connectivity index (χ2n) is 5.55. The SMILES string of the molecule is COc1ccc(-n2ncc(N3CCC(N)CC3)c2C)cc1. The number of hydrogen-bond donors (Lipinski definition) is 1. The number of piperidine rings is 1. The third kappa shape index (κ3) is 2.74. The Hall–Kier alpha value is -2.01. The Labute approximate surface area is 125 Å². The highest BCUT2D eigenvalue weighted by atomic mass is 16.5. The second-order valence-corrected chi connectivity index (χ2v) is 5.55. The molecule has 5 nitrogen and oxygen atoms in total. The van der Waals surface area contributed by atoms with Gasteiger partial charge in [-0.25, -0.2) is 4.68 Å². The Morgan fingerprint density at radius 1 is 1.19 bits per heavy atom. The maximum Gasteiger partial charge on any atom is 0.119 e. The third-order valence-corrected chi connectivity index (χ3v) is 4.18. The average Bonchev–Trinajstić information content (AvgIpc) is 2.90. The third-order valence-electron chi connectivity index (χ3n) is 4.18. The lowest BCUT2D eigenvalue weighted by atomic mass is 10.1. The minimum atomic E-state index is 0.346. The number of ether oxygens (including phenoxy) is 1. The molecule has 21 heavy (non-hydrogen) atoms. The van der Waals surface area contributed by atoms with Crippen molar-refractivity contribution < 1.29 is 4.74 Å². The number of methoxy groups -OCH3 is 1. The number of rotatable bonds is 3. The Balaban J connectivity index is 1.84. The summed E-state index contributed by atoms with van der Waals surface area (Å²) in [6, 6.07) is 8.30. The lowest BCUT2D eigenvalue weighted by Crippen LogP contribution is -2.39. The van der Waals surface area contributed by atoms with Crippen LogP contribution in [0.2, 0.25) is 0 Å². The first kappa shape index (κ1) is 13.9. The molecule has 112 valence electrons. The summed E-state index contributed by atoms with van der Waals surface area (Å²) in [6.45, 7) is 4.13. The van der Waals surface area contributed by atoms with Crippen molar-refractivity contribution in [1.82, 2.24) is 9.78 Å². The zero-order valence-electron chi connectivity index (χ0n) is 12.6. The molecular weight excluding hydrogens is 264 g/mol. The standard InChI is InChI=1S/C16H22N4O/c1-12-16(19-9-7-13(17)8-10-19)11-18-20(12)14-3-5-15(21-2)6-4-14/h3-6,11,13H,7-10,17H2,1-2H3. The summed E-state index contributed by atoms with van der Waals surface area (Å²) in [6.07, 6.45) is 4.05. The summed E-state index contributed by atoms with van der Waals surface area (Å²) in [5.74, 6) is 0.855. The van der Waals surface area contributed by atoms with E-state index in [0.717, 1.165) is 43.1 Å². The summed E-state index contributed by atoms with van der Waals surface area (Å²) >= 11 is 0. The summed E-state index contributed by atoms with van der Waals surface area (Å²) in [4.78, 5) is 2.38. The Kier molecular flexibility index (Phi) is 3.84. The lowest BCUT2D eigenvalue weighted by molar-refractivity contribution is 0.414. The van der Waals surface area contributed by atoms with Gasteiger partial charge in [0.2, 0.25) is 0 Å². The quantitative estimate of drug-likeness (QED) is 0.939. The Morgan fingerprint density at radius 2 is 1.86 bits per heavy atom. The average molecular weight is 286 g/mol.